The van der Waals surface area contributed by atoms with Crippen LogP contribution in [0.5, 0.6) is 0 Å². The first kappa shape index (κ1) is 15.1. The molecule has 0 aromatic carbocycles. The first-order chi connectivity index (χ1) is 8.30. The summed E-state index contributed by atoms with van der Waals surface area (Å²) >= 11 is 0. The molecule has 1 unspecified atom stereocenters. The van der Waals surface area contributed by atoms with Crippen molar-refractivity contribution in [2.45, 2.75) is 59.2 Å². The molecule has 0 aliphatic rings. The van der Waals surface area contributed by atoms with Crippen LogP contribution < -0.4 is 5.32 Å². The molecule has 0 saturated heterocycles. The van der Waals surface area contributed by atoms with Crippen LogP contribution in [0.3, 0.4) is 0 Å². The van der Waals surface area contributed by atoms with Crippen LogP contribution >= 0.6 is 0 Å². The molecule has 0 aliphatic heterocycles. The second kappa shape index (κ2) is 6.29. The second-order valence-corrected chi connectivity index (χ2v) is 5.96. The summed E-state index contributed by atoms with van der Waals surface area (Å²) in [4.78, 5) is 4.25. The van der Waals surface area contributed by atoms with E-state index in [-0.39, 0.29) is 0 Å². The average molecular weight is 254 g/mol. The Morgan fingerprint density at radius 1 is 1.39 bits per heavy atom. The van der Waals surface area contributed by atoms with Gasteiger partial charge in [-0.1, -0.05) is 27.7 Å². The van der Waals surface area contributed by atoms with E-state index in [1.54, 1.807) is 6.33 Å². The molecular weight excluding hydrogens is 228 g/mol. The van der Waals surface area contributed by atoms with Crippen LogP contribution in [0.15, 0.2) is 6.33 Å². The predicted octanol–water partition coefficient (Wildman–Crippen LogP) is 1.23. The Labute approximate surface area is 110 Å². The zero-order valence-corrected chi connectivity index (χ0v) is 12.1. The fourth-order valence-electron chi connectivity index (χ4n) is 1.75. The van der Waals surface area contributed by atoms with E-state index < -0.39 is 5.60 Å². The second-order valence-electron chi connectivity index (χ2n) is 5.96. The van der Waals surface area contributed by atoms with Gasteiger partial charge in [-0.2, -0.15) is 5.10 Å². The summed E-state index contributed by atoms with van der Waals surface area (Å²) in [6.07, 6.45) is 2.07. The zero-order chi connectivity index (χ0) is 13.8. The Kier molecular flexibility index (Phi) is 5.28. The maximum absolute atomic E-state index is 10.4. The van der Waals surface area contributed by atoms with E-state index in [2.05, 4.69) is 43.1 Å². The Hall–Kier alpha value is -0.940. The van der Waals surface area contributed by atoms with E-state index >= 15 is 0 Å². The molecule has 0 aliphatic carbocycles. The van der Waals surface area contributed by atoms with Crippen LogP contribution in [0, 0.1) is 5.92 Å². The first-order valence-electron chi connectivity index (χ1n) is 6.62. The number of aliphatic hydroxyl groups is 1. The van der Waals surface area contributed by atoms with Crippen molar-refractivity contribution in [3.05, 3.63) is 12.2 Å². The lowest BCUT2D eigenvalue weighted by atomic mass is 10.0. The lowest BCUT2D eigenvalue weighted by Crippen LogP contribution is -2.42. The Morgan fingerprint density at radius 3 is 2.61 bits per heavy atom. The van der Waals surface area contributed by atoms with E-state index in [4.69, 9.17) is 0 Å². The van der Waals surface area contributed by atoms with Crippen molar-refractivity contribution >= 4 is 0 Å². The molecule has 0 saturated carbocycles. The molecule has 1 heterocycles. The van der Waals surface area contributed by atoms with Crippen molar-refractivity contribution in [2.24, 2.45) is 5.92 Å². The summed E-state index contributed by atoms with van der Waals surface area (Å²) in [6, 6.07) is 0.366. The molecule has 1 aromatic heterocycles. The largest absolute Gasteiger partial charge is 0.388 e. The van der Waals surface area contributed by atoms with E-state index in [9.17, 15) is 5.11 Å². The standard InChI is InChI=1S/C13H26N4O/c1-10(2)7-17-12(15-9-16-17)6-13(5,18)8-14-11(3)4/h9-11,14,18H,6-8H2,1-5H3. The van der Waals surface area contributed by atoms with Crippen LogP contribution in [-0.2, 0) is 13.0 Å². The average Bonchev–Trinajstić information content (AvgIpc) is 2.61. The number of nitrogens with zero attached hydrogens (tertiary/aromatic N) is 3. The molecule has 0 fully saturated rings. The molecule has 0 amide bonds. The van der Waals surface area contributed by atoms with Crippen LogP contribution in [0.4, 0.5) is 0 Å². The van der Waals surface area contributed by atoms with E-state index in [0.717, 1.165) is 12.4 Å². The van der Waals surface area contributed by atoms with Crippen LogP contribution in [0.1, 0.15) is 40.4 Å². The third kappa shape index (κ3) is 5.14. The number of aromatic nitrogens is 3. The minimum atomic E-state index is -0.800. The Balaban J connectivity index is 2.62. The van der Waals surface area contributed by atoms with Gasteiger partial charge in [0.1, 0.15) is 12.2 Å². The summed E-state index contributed by atoms with van der Waals surface area (Å²) in [5.41, 5.74) is -0.800. The fraction of sp³-hybridized carbons (Fsp3) is 0.846. The number of hydrogen-bond donors (Lipinski definition) is 2. The van der Waals surface area contributed by atoms with Crippen LogP contribution in [0.25, 0.3) is 0 Å². The third-order valence-electron chi connectivity index (χ3n) is 2.66. The van der Waals surface area contributed by atoms with Gasteiger partial charge in [0.2, 0.25) is 0 Å². The van der Waals surface area contributed by atoms with Gasteiger partial charge in [-0.05, 0) is 12.8 Å². The topological polar surface area (TPSA) is 63.0 Å². The van der Waals surface area contributed by atoms with Gasteiger partial charge < -0.3 is 10.4 Å². The molecule has 5 heteroatoms. The van der Waals surface area contributed by atoms with Crippen molar-refractivity contribution < 1.29 is 5.11 Å². The molecule has 1 aromatic rings. The Bertz CT molecular complexity index is 358. The number of nitrogens with one attached hydrogen (secondary N) is 1. The van der Waals surface area contributed by atoms with Crippen molar-refractivity contribution in [3.63, 3.8) is 0 Å². The molecule has 0 radical (unpaired) electrons. The summed E-state index contributed by atoms with van der Waals surface area (Å²) in [5, 5.41) is 17.8. The third-order valence-corrected chi connectivity index (χ3v) is 2.66. The lowest BCUT2D eigenvalue weighted by molar-refractivity contribution is 0.0548. The molecule has 104 valence electrons. The highest BCUT2D eigenvalue weighted by atomic mass is 16.3. The minimum Gasteiger partial charge on any atom is -0.388 e. The van der Waals surface area contributed by atoms with Gasteiger partial charge >= 0.3 is 0 Å². The molecular formula is C13H26N4O. The minimum absolute atomic E-state index is 0.366. The molecule has 1 atom stereocenters. The van der Waals surface area contributed by atoms with E-state index in [1.165, 1.54) is 0 Å². The zero-order valence-electron chi connectivity index (χ0n) is 12.1. The highest BCUT2D eigenvalue weighted by molar-refractivity contribution is 4.94. The monoisotopic (exact) mass is 254 g/mol. The molecule has 0 spiro atoms. The van der Waals surface area contributed by atoms with Crippen molar-refractivity contribution in [2.75, 3.05) is 6.54 Å². The van der Waals surface area contributed by atoms with Crippen molar-refractivity contribution in [1.29, 1.82) is 0 Å². The van der Waals surface area contributed by atoms with E-state index in [0.29, 0.717) is 24.9 Å². The molecule has 5 nitrogen and oxygen atoms in total. The van der Waals surface area contributed by atoms with Crippen LogP contribution in [-0.4, -0.2) is 38.1 Å². The highest BCUT2D eigenvalue weighted by Gasteiger charge is 2.24. The Morgan fingerprint density at radius 2 is 2.06 bits per heavy atom. The SMILES string of the molecule is CC(C)Cn1ncnc1CC(C)(O)CNC(C)C. The smallest absolute Gasteiger partial charge is 0.138 e. The van der Waals surface area contributed by atoms with Gasteiger partial charge in [0.05, 0.1) is 5.60 Å². The first-order valence-corrected chi connectivity index (χ1v) is 6.62. The number of hydrogen-bond acceptors (Lipinski definition) is 4. The quantitative estimate of drug-likeness (QED) is 0.768. The van der Waals surface area contributed by atoms with Gasteiger partial charge in [-0.15, -0.1) is 0 Å². The van der Waals surface area contributed by atoms with Gasteiger partial charge in [-0.25, -0.2) is 9.67 Å². The van der Waals surface area contributed by atoms with Crippen LogP contribution in [0.2, 0.25) is 0 Å². The maximum Gasteiger partial charge on any atom is 0.138 e. The molecule has 2 N–H and O–H groups in total. The summed E-state index contributed by atoms with van der Waals surface area (Å²) in [5.74, 6) is 1.36. The van der Waals surface area contributed by atoms with E-state index in [1.807, 2.05) is 11.6 Å². The number of rotatable bonds is 7. The normalized spacial score (nSPS) is 15.3. The molecule has 0 bridgehead atoms. The van der Waals surface area contributed by atoms with Crippen molar-refractivity contribution in [1.82, 2.24) is 20.1 Å². The summed E-state index contributed by atoms with van der Waals surface area (Å²) < 4.78 is 1.88. The molecule has 18 heavy (non-hydrogen) atoms. The van der Waals surface area contributed by atoms with Gasteiger partial charge in [-0.3, -0.25) is 0 Å². The highest BCUT2D eigenvalue weighted by Crippen LogP contribution is 2.11. The molecule has 1 rings (SSSR count). The summed E-state index contributed by atoms with van der Waals surface area (Å²) in [6.45, 7) is 11.6. The van der Waals surface area contributed by atoms with Crippen molar-refractivity contribution in [3.8, 4) is 0 Å². The lowest BCUT2D eigenvalue weighted by Gasteiger charge is -2.25. The van der Waals surface area contributed by atoms with Gasteiger partial charge in [0, 0.05) is 25.6 Å². The van der Waals surface area contributed by atoms with Gasteiger partial charge in [0.15, 0.2) is 0 Å². The maximum atomic E-state index is 10.4. The van der Waals surface area contributed by atoms with Gasteiger partial charge in [0.25, 0.3) is 0 Å². The predicted molar refractivity (Wildman–Crippen MR) is 72.3 cm³/mol. The fourth-order valence-corrected chi connectivity index (χ4v) is 1.75. The summed E-state index contributed by atoms with van der Waals surface area (Å²) in [7, 11) is 0.